The molecule has 0 saturated heterocycles. The van der Waals surface area contributed by atoms with Crippen molar-refractivity contribution in [2.75, 3.05) is 0 Å². The van der Waals surface area contributed by atoms with Crippen molar-refractivity contribution in [1.29, 1.82) is 0 Å². The molecule has 0 fully saturated rings. The summed E-state index contributed by atoms with van der Waals surface area (Å²) in [4.78, 5) is 0. The molecule has 22 rings (SSSR count). The average Bonchev–Trinajstić information content (AvgIpc) is 1.05. The quantitative estimate of drug-likeness (QED) is 0.135. The van der Waals surface area contributed by atoms with E-state index in [4.69, 9.17) is 8.83 Å². The Morgan fingerprint density at radius 2 is 0.500 bits per heavy atom. The Kier molecular flexibility index (Phi) is 13.4. The zero-order valence-electron chi connectivity index (χ0n) is 57.6. The number of fused-ring (bicyclic) bond motifs is 14. The molecule has 490 valence electrons. The predicted molar refractivity (Wildman–Crippen MR) is 450 cm³/mol. The molecule has 0 N–H and O–H groups in total. The Labute approximate surface area is 611 Å². The van der Waals surface area contributed by atoms with Gasteiger partial charge in [0.15, 0.2) is 0 Å². The third kappa shape index (κ3) is 9.38. The molecule has 0 aliphatic carbocycles. The topological polar surface area (TPSA) is 26.3 Å². The minimum absolute atomic E-state index is 0.865. The minimum atomic E-state index is 0.865. The van der Waals surface area contributed by atoms with E-state index in [0.717, 1.165) is 99.2 Å². The van der Waals surface area contributed by atoms with E-state index in [9.17, 15) is 0 Å². The highest BCUT2D eigenvalue weighted by Crippen LogP contribution is 2.52. The van der Waals surface area contributed by atoms with Gasteiger partial charge in [-0.3, -0.25) is 0 Å². The number of hydrogen-bond acceptors (Lipinski definition) is 2. The van der Waals surface area contributed by atoms with E-state index in [-0.39, 0.29) is 0 Å². The van der Waals surface area contributed by atoms with Crippen LogP contribution in [0.4, 0.5) is 0 Å². The molecule has 0 aliphatic heterocycles. The summed E-state index contributed by atoms with van der Waals surface area (Å²) in [5.74, 6) is 0. The summed E-state index contributed by atoms with van der Waals surface area (Å²) in [5.41, 5.74) is 24.4. The molecule has 22 aromatic rings. The molecule has 0 spiro atoms. The number of rotatable bonds is 9. The summed E-state index contributed by atoms with van der Waals surface area (Å²) >= 11 is 0. The maximum absolute atomic E-state index is 7.07. The molecule has 2 heterocycles. The van der Waals surface area contributed by atoms with Crippen molar-refractivity contribution in [2.45, 2.75) is 0 Å². The van der Waals surface area contributed by atoms with Gasteiger partial charge in [0.25, 0.3) is 0 Å². The fourth-order valence-corrected chi connectivity index (χ4v) is 17.8. The van der Waals surface area contributed by atoms with Crippen molar-refractivity contribution in [2.24, 2.45) is 0 Å². The largest absolute Gasteiger partial charge is 0.455 e. The normalized spacial score (nSPS) is 12.0. The molecule has 0 aliphatic rings. The third-order valence-electron chi connectivity index (χ3n) is 22.6. The molecule has 2 aromatic heterocycles. The average molecular weight is 1340 g/mol. The smallest absolute Gasteiger partial charge is 0.143 e. The van der Waals surface area contributed by atoms with Gasteiger partial charge in [-0.15, -0.1) is 0 Å². The monoisotopic (exact) mass is 1340 g/mol. The first-order valence-electron chi connectivity index (χ1n) is 36.6. The Balaban J connectivity index is 0.697. The van der Waals surface area contributed by atoms with Crippen LogP contribution in [0.1, 0.15) is 0 Å². The van der Waals surface area contributed by atoms with E-state index in [2.05, 4.69) is 376 Å². The van der Waals surface area contributed by atoms with Crippen LogP contribution >= 0.6 is 0 Å². The highest BCUT2D eigenvalue weighted by molar-refractivity contribution is 6.26. The molecular formula is C104H62O2. The highest BCUT2D eigenvalue weighted by atomic mass is 16.3. The maximum atomic E-state index is 7.07. The van der Waals surface area contributed by atoms with Gasteiger partial charge in [0.1, 0.15) is 22.3 Å². The zero-order chi connectivity index (χ0) is 69.5. The summed E-state index contributed by atoms with van der Waals surface area (Å²) in [6.07, 6.45) is 0. The van der Waals surface area contributed by atoms with Crippen LogP contribution < -0.4 is 0 Å². The maximum Gasteiger partial charge on any atom is 0.143 e. The van der Waals surface area contributed by atoms with Crippen LogP contribution in [-0.4, -0.2) is 0 Å². The second-order valence-corrected chi connectivity index (χ2v) is 28.4. The van der Waals surface area contributed by atoms with Crippen LogP contribution in [0.15, 0.2) is 385 Å². The Morgan fingerprint density at radius 1 is 0.132 bits per heavy atom. The van der Waals surface area contributed by atoms with Crippen molar-refractivity contribution >= 4 is 130 Å². The van der Waals surface area contributed by atoms with Crippen LogP contribution in [-0.2, 0) is 0 Å². The van der Waals surface area contributed by atoms with Crippen LogP contribution in [0, 0.1) is 0 Å². The molecule has 0 bridgehead atoms. The highest BCUT2D eigenvalue weighted by Gasteiger charge is 2.26. The van der Waals surface area contributed by atoms with Gasteiger partial charge < -0.3 is 8.83 Å². The number of furan rings is 2. The SMILES string of the molecule is c1ccc(-c2c3ccccc3c(-c3cc(-c4cccc5cc(-c6ccc(-c7c8ccccc8c(-c8ccc9oc%10c(-c%11cccc%12ccccc%11%12)cccc%10c9c8)c8ccccc78)c(-c7ccc8ccccc8c7)c6)ccc45)c4oc5ccccc5c4c3)c3ccccc23)c(-c2ccc3ccccc3c2)c1. The van der Waals surface area contributed by atoms with Gasteiger partial charge >= 0.3 is 0 Å². The van der Waals surface area contributed by atoms with E-state index in [0.29, 0.717) is 0 Å². The second kappa shape index (κ2) is 23.8. The molecule has 0 atom stereocenters. The first-order chi connectivity index (χ1) is 52.6. The summed E-state index contributed by atoms with van der Waals surface area (Å²) in [5, 5.41) is 23.5. The van der Waals surface area contributed by atoms with Gasteiger partial charge in [-0.05, 0) is 230 Å². The molecule has 2 heteroatoms. The number of hydrogen-bond donors (Lipinski definition) is 0. The lowest BCUT2D eigenvalue weighted by atomic mass is 9.82. The lowest BCUT2D eigenvalue weighted by Crippen LogP contribution is -1.94. The predicted octanol–water partition coefficient (Wildman–Crippen LogP) is 29.7. The van der Waals surface area contributed by atoms with E-state index in [1.807, 2.05) is 0 Å². The first kappa shape index (κ1) is 59.7. The lowest BCUT2D eigenvalue weighted by Gasteiger charge is -2.21. The summed E-state index contributed by atoms with van der Waals surface area (Å²) < 4.78 is 14.0. The van der Waals surface area contributed by atoms with Crippen molar-refractivity contribution in [3.63, 3.8) is 0 Å². The fourth-order valence-electron chi connectivity index (χ4n) is 17.8. The summed E-state index contributed by atoms with van der Waals surface area (Å²) in [6, 6.07) is 139. The molecule has 20 aromatic carbocycles. The second-order valence-electron chi connectivity index (χ2n) is 28.4. The van der Waals surface area contributed by atoms with Gasteiger partial charge in [0, 0.05) is 32.7 Å². The summed E-state index contributed by atoms with van der Waals surface area (Å²) in [7, 11) is 0. The van der Waals surface area contributed by atoms with Gasteiger partial charge in [-0.1, -0.05) is 322 Å². The summed E-state index contributed by atoms with van der Waals surface area (Å²) in [6.45, 7) is 0. The third-order valence-corrected chi connectivity index (χ3v) is 22.6. The standard InChI is InChI=1S/C104H62O2/c1-3-25-66-56-71(48-46-63(66)22-1)76-30-7-8-32-81(76)101-88-39-15-11-35-84(88)100(85-36-12-16-40-89(85)101)74-61-95(104-96(62-74)80-31-17-18-45-97(80)105-104)79-42-20-28-70-58-68(50-53-77(70)79)69-51-54-90(93(59-69)72-49-47-64-23-2-4-26-67(64)57-72)102-86-37-13-9-33-82(86)99(83-34-10-14-38-87(83)102)73-52-55-98-94(60-73)92-44-21-43-91(103(92)106-98)78-41-19-27-65-24-5-6-29-75(65)78/h1-62H. The van der Waals surface area contributed by atoms with Crippen LogP contribution in [0.2, 0.25) is 0 Å². The molecule has 0 unspecified atom stereocenters. The van der Waals surface area contributed by atoms with Crippen LogP contribution in [0.25, 0.3) is 230 Å². The molecule has 0 saturated carbocycles. The lowest BCUT2D eigenvalue weighted by molar-refractivity contribution is 0.669. The molecule has 0 amide bonds. The van der Waals surface area contributed by atoms with E-state index in [1.54, 1.807) is 0 Å². The zero-order valence-corrected chi connectivity index (χ0v) is 57.6. The number of benzene rings is 20. The van der Waals surface area contributed by atoms with Crippen molar-refractivity contribution in [1.82, 2.24) is 0 Å². The van der Waals surface area contributed by atoms with Crippen LogP contribution in [0.5, 0.6) is 0 Å². The van der Waals surface area contributed by atoms with Gasteiger partial charge in [0.05, 0.1) is 0 Å². The molecule has 106 heavy (non-hydrogen) atoms. The van der Waals surface area contributed by atoms with E-state index < -0.39 is 0 Å². The van der Waals surface area contributed by atoms with Gasteiger partial charge in [-0.25, -0.2) is 0 Å². The number of para-hydroxylation sites is 2. The molecular weight excluding hydrogens is 1280 g/mol. The van der Waals surface area contributed by atoms with Crippen molar-refractivity contribution in [3.8, 4) is 100 Å². The fraction of sp³-hybridized carbons (Fsp3) is 0. The van der Waals surface area contributed by atoms with E-state index in [1.165, 1.54) is 131 Å². The van der Waals surface area contributed by atoms with Gasteiger partial charge in [0.2, 0.25) is 0 Å². The van der Waals surface area contributed by atoms with Crippen molar-refractivity contribution < 1.29 is 8.83 Å². The van der Waals surface area contributed by atoms with E-state index >= 15 is 0 Å². The Hall–Kier alpha value is -13.9. The van der Waals surface area contributed by atoms with Gasteiger partial charge in [-0.2, -0.15) is 0 Å². The first-order valence-corrected chi connectivity index (χ1v) is 36.6. The van der Waals surface area contributed by atoms with Crippen LogP contribution in [0.3, 0.4) is 0 Å². The Bertz CT molecular complexity index is 7350. The molecule has 0 radical (unpaired) electrons. The minimum Gasteiger partial charge on any atom is -0.455 e. The van der Waals surface area contributed by atoms with Crippen molar-refractivity contribution in [3.05, 3.63) is 376 Å². The Morgan fingerprint density at radius 3 is 1.14 bits per heavy atom. The molecule has 2 nitrogen and oxygen atoms in total.